The molecule has 25 heavy (non-hydrogen) atoms. The number of nitrogens with one attached hydrogen (secondary N) is 2. The lowest BCUT2D eigenvalue weighted by Crippen LogP contribution is -2.46. The van der Waals surface area contributed by atoms with Gasteiger partial charge in [0.15, 0.2) is 0 Å². The lowest BCUT2D eigenvalue weighted by Gasteiger charge is -2.46. The minimum absolute atomic E-state index is 0.171. The monoisotopic (exact) mass is 333 g/mol. The topological polar surface area (TPSA) is 31.1 Å². The molecular formula is C22H27N3. The molecule has 0 unspecified atom stereocenters. The molecule has 3 nitrogen and oxygen atoms in total. The predicted molar refractivity (Wildman–Crippen MR) is 106 cm³/mol. The highest BCUT2D eigenvalue weighted by Crippen LogP contribution is 2.41. The zero-order valence-electron chi connectivity index (χ0n) is 15.1. The zero-order valence-corrected chi connectivity index (χ0v) is 15.1. The normalized spacial score (nSPS) is 23.9. The summed E-state index contributed by atoms with van der Waals surface area (Å²) in [6.45, 7) is 0. The highest BCUT2D eigenvalue weighted by atomic mass is 15.1. The Kier molecular flexibility index (Phi) is 4.26. The minimum atomic E-state index is 0.171. The first-order valence-corrected chi connectivity index (χ1v) is 9.24. The molecule has 2 N–H and O–H groups in total. The van der Waals surface area contributed by atoms with Gasteiger partial charge in [0, 0.05) is 34.4 Å². The summed E-state index contributed by atoms with van der Waals surface area (Å²) in [4.78, 5) is 5.68. The molecule has 2 aromatic carbocycles. The highest BCUT2D eigenvalue weighted by molar-refractivity contribution is 5.83. The van der Waals surface area contributed by atoms with Crippen LogP contribution in [0.5, 0.6) is 0 Å². The van der Waals surface area contributed by atoms with Crippen molar-refractivity contribution in [3.63, 3.8) is 0 Å². The fraction of sp³-hybridized carbons (Fsp3) is 0.364. The van der Waals surface area contributed by atoms with Gasteiger partial charge in [-0.15, -0.1) is 0 Å². The number of benzene rings is 2. The fourth-order valence-corrected chi connectivity index (χ4v) is 4.36. The number of nitrogens with zero attached hydrogens (tertiary/aromatic N) is 1. The number of anilines is 1. The summed E-state index contributed by atoms with van der Waals surface area (Å²) in [5, 5.41) is 5.03. The van der Waals surface area contributed by atoms with Crippen LogP contribution in [-0.4, -0.2) is 30.0 Å². The molecule has 1 saturated carbocycles. The van der Waals surface area contributed by atoms with Gasteiger partial charge in [-0.3, -0.25) is 4.90 Å². The van der Waals surface area contributed by atoms with Gasteiger partial charge in [-0.1, -0.05) is 30.3 Å². The van der Waals surface area contributed by atoms with Crippen molar-refractivity contribution in [2.24, 2.45) is 0 Å². The van der Waals surface area contributed by atoms with Crippen molar-refractivity contribution >= 4 is 16.6 Å². The second-order valence-corrected chi connectivity index (χ2v) is 7.49. The molecule has 3 aromatic rings. The average molecular weight is 333 g/mol. The molecule has 0 bridgehead atoms. The summed E-state index contributed by atoms with van der Waals surface area (Å²) in [6, 6.07) is 20.3. The van der Waals surface area contributed by atoms with Gasteiger partial charge in [-0.05, 0) is 69.6 Å². The summed E-state index contributed by atoms with van der Waals surface area (Å²) in [6.07, 6.45) is 6.76. The van der Waals surface area contributed by atoms with E-state index in [4.69, 9.17) is 0 Å². The average Bonchev–Trinajstić information content (AvgIpc) is 3.11. The van der Waals surface area contributed by atoms with Crippen molar-refractivity contribution in [2.45, 2.75) is 37.3 Å². The summed E-state index contributed by atoms with van der Waals surface area (Å²) >= 11 is 0. The quantitative estimate of drug-likeness (QED) is 0.705. The number of H-pyrrole nitrogens is 1. The number of fused-ring (bicyclic) bond motifs is 1. The molecular weight excluding hydrogens is 306 g/mol. The Morgan fingerprint density at radius 1 is 1.00 bits per heavy atom. The molecule has 1 aromatic heterocycles. The molecule has 1 fully saturated rings. The molecule has 1 aliphatic carbocycles. The summed E-state index contributed by atoms with van der Waals surface area (Å²) in [5.74, 6) is 0. The van der Waals surface area contributed by atoms with Crippen LogP contribution in [0.2, 0.25) is 0 Å². The van der Waals surface area contributed by atoms with Crippen molar-refractivity contribution in [3.05, 3.63) is 66.4 Å². The Bertz CT molecular complexity index is 827. The highest BCUT2D eigenvalue weighted by Gasteiger charge is 2.38. The first-order valence-electron chi connectivity index (χ1n) is 9.24. The van der Waals surface area contributed by atoms with E-state index in [1.54, 1.807) is 0 Å². The van der Waals surface area contributed by atoms with Gasteiger partial charge in [0.25, 0.3) is 0 Å². The van der Waals surface area contributed by atoms with Gasteiger partial charge in [0.1, 0.15) is 0 Å². The lowest BCUT2D eigenvalue weighted by atomic mass is 9.74. The Morgan fingerprint density at radius 2 is 1.76 bits per heavy atom. The van der Waals surface area contributed by atoms with Crippen LogP contribution in [-0.2, 0) is 5.54 Å². The summed E-state index contributed by atoms with van der Waals surface area (Å²) in [7, 11) is 4.45. The van der Waals surface area contributed by atoms with E-state index in [0.29, 0.717) is 6.04 Å². The Morgan fingerprint density at radius 3 is 2.48 bits per heavy atom. The van der Waals surface area contributed by atoms with Gasteiger partial charge in [0.2, 0.25) is 0 Å². The minimum Gasteiger partial charge on any atom is -0.382 e. The van der Waals surface area contributed by atoms with E-state index >= 15 is 0 Å². The second kappa shape index (κ2) is 6.57. The molecule has 1 aliphatic rings. The van der Waals surface area contributed by atoms with Crippen LogP contribution in [0.1, 0.15) is 31.2 Å². The van der Waals surface area contributed by atoms with Crippen LogP contribution in [0.25, 0.3) is 10.9 Å². The molecule has 0 aliphatic heterocycles. The van der Waals surface area contributed by atoms with E-state index in [1.165, 1.54) is 47.8 Å². The largest absolute Gasteiger partial charge is 0.382 e. The van der Waals surface area contributed by atoms with Crippen LogP contribution < -0.4 is 5.32 Å². The van der Waals surface area contributed by atoms with Gasteiger partial charge in [-0.2, -0.15) is 0 Å². The molecule has 0 atom stereocenters. The van der Waals surface area contributed by atoms with Crippen LogP contribution in [0.15, 0.2) is 60.8 Å². The Labute approximate surface area is 150 Å². The van der Waals surface area contributed by atoms with E-state index in [1.807, 2.05) is 6.20 Å². The molecule has 0 radical (unpaired) electrons. The van der Waals surface area contributed by atoms with E-state index < -0.39 is 0 Å². The number of aromatic nitrogens is 1. The van der Waals surface area contributed by atoms with Crippen molar-refractivity contribution in [3.8, 4) is 0 Å². The number of rotatable bonds is 4. The van der Waals surface area contributed by atoms with E-state index in [2.05, 4.69) is 83.9 Å². The first-order chi connectivity index (χ1) is 12.2. The molecule has 1 heterocycles. The van der Waals surface area contributed by atoms with Gasteiger partial charge in [0.05, 0.1) is 0 Å². The predicted octanol–water partition coefficient (Wildman–Crippen LogP) is 4.98. The molecule has 4 rings (SSSR count). The maximum atomic E-state index is 3.76. The lowest BCUT2D eigenvalue weighted by molar-refractivity contribution is 0.0945. The third-order valence-electron chi connectivity index (χ3n) is 5.90. The number of aromatic amines is 1. The zero-order chi connectivity index (χ0) is 17.3. The van der Waals surface area contributed by atoms with Crippen LogP contribution in [0.4, 0.5) is 5.69 Å². The second-order valence-electron chi connectivity index (χ2n) is 7.49. The van der Waals surface area contributed by atoms with E-state index in [9.17, 15) is 0 Å². The van der Waals surface area contributed by atoms with Crippen molar-refractivity contribution in [1.29, 1.82) is 0 Å². The van der Waals surface area contributed by atoms with Crippen LogP contribution >= 0.6 is 0 Å². The van der Waals surface area contributed by atoms with Crippen molar-refractivity contribution < 1.29 is 0 Å². The molecule has 0 amide bonds. The van der Waals surface area contributed by atoms with E-state index in [-0.39, 0.29) is 5.54 Å². The SMILES string of the molecule is CN(C)C1(c2ccccc2)CCC(Nc2ccc3[nH]ccc3c2)CC1. The Hall–Kier alpha value is -2.26. The summed E-state index contributed by atoms with van der Waals surface area (Å²) in [5.41, 5.74) is 4.05. The molecule has 0 spiro atoms. The van der Waals surface area contributed by atoms with Gasteiger partial charge in [-0.25, -0.2) is 0 Å². The standard InChI is InChI=1S/C22H27N3/c1-25(2)22(18-6-4-3-5-7-18)13-10-19(11-14-22)24-20-8-9-21-17(16-20)12-15-23-21/h3-9,12,15-16,19,23-24H,10-11,13-14H2,1-2H3. The molecule has 3 heteroatoms. The third-order valence-corrected chi connectivity index (χ3v) is 5.90. The van der Waals surface area contributed by atoms with Crippen molar-refractivity contribution in [1.82, 2.24) is 9.88 Å². The number of hydrogen-bond acceptors (Lipinski definition) is 2. The van der Waals surface area contributed by atoms with Gasteiger partial charge >= 0.3 is 0 Å². The fourth-order valence-electron chi connectivity index (χ4n) is 4.36. The van der Waals surface area contributed by atoms with Crippen molar-refractivity contribution in [2.75, 3.05) is 19.4 Å². The molecule has 0 saturated heterocycles. The third kappa shape index (κ3) is 3.05. The maximum absolute atomic E-state index is 3.76. The molecule has 130 valence electrons. The van der Waals surface area contributed by atoms with Crippen LogP contribution in [0.3, 0.4) is 0 Å². The van der Waals surface area contributed by atoms with Crippen LogP contribution in [0, 0.1) is 0 Å². The Balaban J connectivity index is 1.48. The first kappa shape index (κ1) is 16.2. The smallest absolute Gasteiger partial charge is 0.0456 e. The maximum Gasteiger partial charge on any atom is 0.0456 e. The van der Waals surface area contributed by atoms with E-state index in [0.717, 1.165) is 0 Å². The summed E-state index contributed by atoms with van der Waals surface area (Å²) < 4.78 is 0. The van der Waals surface area contributed by atoms with Gasteiger partial charge < -0.3 is 10.3 Å². The number of hydrogen-bond donors (Lipinski definition) is 2.